The lowest BCUT2D eigenvalue weighted by molar-refractivity contribution is 0.104. The summed E-state index contributed by atoms with van der Waals surface area (Å²) in [6.45, 7) is 2.63. The molecule has 1 aliphatic heterocycles. The van der Waals surface area contributed by atoms with E-state index < -0.39 is 9.84 Å². The van der Waals surface area contributed by atoms with Gasteiger partial charge in [0.05, 0.1) is 28.1 Å². The fraction of sp³-hybridized carbons (Fsp3) is 0.375. The summed E-state index contributed by atoms with van der Waals surface area (Å²) >= 11 is 1.26. The van der Waals surface area contributed by atoms with E-state index in [4.69, 9.17) is 0 Å². The number of carbonyl (C=O) groups is 1. The molecule has 2 aromatic rings. The number of aliphatic hydroxyl groups excluding tert-OH is 1. The second kappa shape index (κ2) is 6.27. The minimum atomic E-state index is -3.36. The second-order valence-electron chi connectivity index (χ2n) is 5.93. The molecule has 0 radical (unpaired) electrons. The van der Waals surface area contributed by atoms with Crippen LogP contribution in [0.1, 0.15) is 28.6 Å². The SMILES string of the molecule is C[C@H]1[C@H](O)CCN1c1ncc(C(=O)c2cccc(S(C)(=O)=O)c2)s1. The number of rotatable bonds is 4. The van der Waals surface area contributed by atoms with Gasteiger partial charge in [0.2, 0.25) is 5.78 Å². The van der Waals surface area contributed by atoms with Crippen LogP contribution in [0.2, 0.25) is 0 Å². The van der Waals surface area contributed by atoms with Crippen molar-refractivity contribution in [3.63, 3.8) is 0 Å². The minimum Gasteiger partial charge on any atom is -0.391 e. The lowest BCUT2D eigenvalue weighted by Crippen LogP contribution is -2.31. The van der Waals surface area contributed by atoms with Crippen molar-refractivity contribution in [2.45, 2.75) is 30.4 Å². The van der Waals surface area contributed by atoms with Crippen molar-refractivity contribution in [1.82, 2.24) is 4.98 Å². The summed E-state index contributed by atoms with van der Waals surface area (Å²) in [4.78, 5) is 19.5. The molecule has 1 aromatic carbocycles. The van der Waals surface area contributed by atoms with Crippen molar-refractivity contribution in [3.05, 3.63) is 40.9 Å². The number of hydrogen-bond acceptors (Lipinski definition) is 7. The van der Waals surface area contributed by atoms with Gasteiger partial charge in [-0.25, -0.2) is 13.4 Å². The Kier molecular flexibility index (Phi) is 4.46. The summed E-state index contributed by atoms with van der Waals surface area (Å²) in [7, 11) is -3.36. The highest BCUT2D eigenvalue weighted by Crippen LogP contribution is 2.30. The van der Waals surface area contributed by atoms with Crippen molar-refractivity contribution in [2.75, 3.05) is 17.7 Å². The maximum absolute atomic E-state index is 12.6. The third-order valence-corrected chi connectivity index (χ3v) is 6.35. The molecule has 0 aliphatic carbocycles. The molecule has 1 fully saturated rings. The Morgan fingerprint density at radius 1 is 1.42 bits per heavy atom. The lowest BCUT2D eigenvalue weighted by Gasteiger charge is -2.21. The predicted molar refractivity (Wildman–Crippen MR) is 92.5 cm³/mol. The molecule has 0 saturated carbocycles. The van der Waals surface area contributed by atoms with Crippen molar-refractivity contribution in [3.8, 4) is 0 Å². The molecule has 0 unspecified atom stereocenters. The maximum atomic E-state index is 12.6. The first-order chi connectivity index (χ1) is 11.3. The van der Waals surface area contributed by atoms with E-state index in [9.17, 15) is 18.3 Å². The zero-order valence-corrected chi connectivity index (χ0v) is 15.0. The molecule has 1 aliphatic rings. The highest BCUT2D eigenvalue weighted by Gasteiger charge is 2.31. The normalized spacial score (nSPS) is 21.2. The van der Waals surface area contributed by atoms with Crippen LogP contribution in [0.25, 0.3) is 0 Å². The zero-order chi connectivity index (χ0) is 17.5. The quantitative estimate of drug-likeness (QED) is 0.830. The summed E-state index contributed by atoms with van der Waals surface area (Å²) < 4.78 is 23.3. The molecule has 2 atom stereocenters. The summed E-state index contributed by atoms with van der Waals surface area (Å²) in [5.41, 5.74) is 0.322. The van der Waals surface area contributed by atoms with Crippen molar-refractivity contribution >= 4 is 32.1 Å². The molecule has 8 heteroatoms. The van der Waals surface area contributed by atoms with Crippen LogP contribution in [-0.4, -0.2) is 49.2 Å². The Morgan fingerprint density at radius 2 is 2.17 bits per heavy atom. The Labute approximate surface area is 144 Å². The fourth-order valence-electron chi connectivity index (χ4n) is 2.71. The third-order valence-electron chi connectivity index (χ3n) is 4.20. The summed E-state index contributed by atoms with van der Waals surface area (Å²) in [5.74, 6) is -0.253. The van der Waals surface area contributed by atoms with Gasteiger partial charge in [0, 0.05) is 18.4 Å². The highest BCUT2D eigenvalue weighted by atomic mass is 32.2. The topological polar surface area (TPSA) is 87.6 Å². The third kappa shape index (κ3) is 3.22. The summed E-state index contributed by atoms with van der Waals surface area (Å²) in [6.07, 6.45) is 2.91. The smallest absolute Gasteiger partial charge is 0.204 e. The van der Waals surface area contributed by atoms with E-state index >= 15 is 0 Å². The number of hydrogen-bond donors (Lipinski definition) is 1. The number of thiazole rings is 1. The fourth-order valence-corrected chi connectivity index (χ4v) is 4.37. The first-order valence-electron chi connectivity index (χ1n) is 7.53. The van der Waals surface area contributed by atoms with Crippen LogP contribution >= 0.6 is 11.3 Å². The van der Waals surface area contributed by atoms with E-state index in [2.05, 4.69) is 4.98 Å². The van der Waals surface area contributed by atoms with Gasteiger partial charge in [0.25, 0.3) is 0 Å². The largest absolute Gasteiger partial charge is 0.391 e. The van der Waals surface area contributed by atoms with E-state index in [-0.39, 0.29) is 22.8 Å². The molecule has 0 spiro atoms. The number of aromatic nitrogens is 1. The second-order valence-corrected chi connectivity index (χ2v) is 8.95. The monoisotopic (exact) mass is 366 g/mol. The van der Waals surface area contributed by atoms with E-state index in [1.165, 1.54) is 29.7 Å². The van der Waals surface area contributed by atoms with Crippen molar-refractivity contribution in [1.29, 1.82) is 0 Å². The van der Waals surface area contributed by atoms with Crippen LogP contribution in [0, 0.1) is 0 Å². The van der Waals surface area contributed by atoms with Gasteiger partial charge < -0.3 is 10.0 Å². The Morgan fingerprint density at radius 3 is 2.79 bits per heavy atom. The predicted octanol–water partition coefficient (Wildman–Crippen LogP) is 1.74. The van der Waals surface area contributed by atoms with E-state index in [0.717, 1.165) is 6.26 Å². The van der Waals surface area contributed by atoms with Crippen LogP contribution < -0.4 is 4.90 Å². The number of nitrogens with zero attached hydrogens (tertiary/aromatic N) is 2. The zero-order valence-electron chi connectivity index (χ0n) is 13.3. The van der Waals surface area contributed by atoms with Crippen LogP contribution in [0.3, 0.4) is 0 Å². The van der Waals surface area contributed by atoms with Gasteiger partial charge in [-0.3, -0.25) is 4.79 Å². The molecular formula is C16H18N2O4S2. The van der Waals surface area contributed by atoms with Gasteiger partial charge in [0.1, 0.15) is 0 Å². The number of sulfone groups is 1. The van der Waals surface area contributed by atoms with Gasteiger partial charge in [-0.15, -0.1) is 0 Å². The number of ketones is 1. The molecule has 0 bridgehead atoms. The van der Waals surface area contributed by atoms with E-state index in [0.29, 0.717) is 28.5 Å². The molecule has 6 nitrogen and oxygen atoms in total. The molecule has 0 amide bonds. The van der Waals surface area contributed by atoms with Crippen LogP contribution in [-0.2, 0) is 9.84 Å². The standard InChI is InChI=1S/C16H18N2O4S2/c1-10-13(19)6-7-18(10)16-17-9-14(23-16)15(20)11-4-3-5-12(8-11)24(2,21)22/h3-5,8-10,13,19H,6-7H2,1-2H3/t10-,13+/m0/s1. The first kappa shape index (κ1) is 17.1. The van der Waals surface area contributed by atoms with Gasteiger partial charge in [-0.2, -0.15) is 0 Å². The molecule has 24 heavy (non-hydrogen) atoms. The Bertz CT molecular complexity index is 876. The Hall–Kier alpha value is -1.77. The maximum Gasteiger partial charge on any atom is 0.204 e. The van der Waals surface area contributed by atoms with Gasteiger partial charge in [-0.05, 0) is 25.5 Å². The first-order valence-corrected chi connectivity index (χ1v) is 10.2. The van der Waals surface area contributed by atoms with Crippen molar-refractivity contribution < 1.29 is 18.3 Å². The van der Waals surface area contributed by atoms with Gasteiger partial charge in [-0.1, -0.05) is 23.5 Å². The molecule has 1 saturated heterocycles. The molecule has 3 rings (SSSR count). The van der Waals surface area contributed by atoms with E-state index in [1.807, 2.05) is 11.8 Å². The van der Waals surface area contributed by atoms with Crippen molar-refractivity contribution in [2.24, 2.45) is 0 Å². The van der Waals surface area contributed by atoms with Crippen LogP contribution in [0.4, 0.5) is 5.13 Å². The number of carbonyl (C=O) groups excluding carboxylic acids is 1. The molecule has 1 N–H and O–H groups in total. The minimum absolute atomic E-state index is 0.0346. The number of benzene rings is 1. The van der Waals surface area contributed by atoms with Gasteiger partial charge in [0.15, 0.2) is 15.0 Å². The lowest BCUT2D eigenvalue weighted by atomic mass is 10.1. The molecule has 2 heterocycles. The molecular weight excluding hydrogens is 348 g/mol. The van der Waals surface area contributed by atoms with Crippen LogP contribution in [0.5, 0.6) is 0 Å². The molecule has 1 aromatic heterocycles. The van der Waals surface area contributed by atoms with Crippen LogP contribution in [0.15, 0.2) is 35.4 Å². The number of aliphatic hydroxyl groups is 1. The number of anilines is 1. The summed E-state index contributed by atoms with van der Waals surface area (Å²) in [5, 5.41) is 10.5. The highest BCUT2D eigenvalue weighted by molar-refractivity contribution is 7.90. The average Bonchev–Trinajstić information content (AvgIpc) is 3.14. The van der Waals surface area contributed by atoms with E-state index in [1.54, 1.807) is 12.1 Å². The molecule has 128 valence electrons. The summed E-state index contributed by atoms with van der Waals surface area (Å²) in [6, 6.07) is 5.98. The Balaban J connectivity index is 1.87. The van der Waals surface area contributed by atoms with Gasteiger partial charge >= 0.3 is 0 Å². The average molecular weight is 366 g/mol.